The molecule has 1 aliphatic heterocycles. The Bertz CT molecular complexity index is 1260. The van der Waals surface area contributed by atoms with Gasteiger partial charge in [-0.15, -0.1) is 0 Å². The third kappa shape index (κ3) is 7.04. The minimum atomic E-state index is -0.695. The predicted molar refractivity (Wildman–Crippen MR) is 146 cm³/mol. The van der Waals surface area contributed by atoms with Crippen LogP contribution in [0.15, 0.2) is 39.7 Å². The number of nitrogens with one attached hydrogen (secondary N) is 2. The van der Waals surface area contributed by atoms with Crippen molar-refractivity contribution in [2.75, 3.05) is 25.6 Å². The van der Waals surface area contributed by atoms with E-state index in [4.69, 9.17) is 44.9 Å². The van der Waals surface area contributed by atoms with Gasteiger partial charge in [0, 0.05) is 5.69 Å². The van der Waals surface area contributed by atoms with Crippen LogP contribution < -0.4 is 20.2 Å². The minimum absolute atomic E-state index is 0.137. The highest BCUT2D eigenvalue weighted by Crippen LogP contribution is 2.39. The van der Waals surface area contributed by atoms with Crippen molar-refractivity contribution in [3.8, 4) is 11.5 Å². The summed E-state index contributed by atoms with van der Waals surface area (Å²) in [6.07, 6.45) is 1.59. The molecule has 3 amide bonds. The minimum Gasteiger partial charge on any atom is -0.490 e. The van der Waals surface area contributed by atoms with Gasteiger partial charge in [-0.3, -0.25) is 4.79 Å². The third-order valence-electron chi connectivity index (χ3n) is 4.38. The van der Waals surface area contributed by atoms with Crippen molar-refractivity contribution < 1.29 is 28.6 Å². The molecule has 2 aromatic rings. The van der Waals surface area contributed by atoms with Crippen LogP contribution in [0.25, 0.3) is 6.08 Å². The number of urea groups is 1. The monoisotopic (exact) mass is 633 g/mol. The van der Waals surface area contributed by atoms with E-state index in [2.05, 4.69) is 31.4 Å². The van der Waals surface area contributed by atoms with E-state index in [9.17, 15) is 14.4 Å². The fourth-order valence-corrected chi connectivity index (χ4v) is 4.87. The first kappa shape index (κ1) is 28.1. The van der Waals surface area contributed by atoms with Crippen molar-refractivity contribution in [3.05, 3.63) is 55.3 Å². The zero-order chi connectivity index (χ0) is 26.4. The molecule has 0 radical (unpaired) electrons. The number of carbonyl (C=O) groups is 3. The van der Waals surface area contributed by atoms with Crippen molar-refractivity contribution in [2.24, 2.45) is 0 Å². The number of esters is 1. The molecule has 14 heteroatoms. The standard InChI is InChI=1S/C22H18BrCl2N3O6S2/c1-3-33-16-7-11(6-13(23)19(16)34-10-18(29)32-2)8-17-20(30)28(22(35)36-17)27-21(31)26-12-4-5-14(24)15(25)9-12/h4-9H,3,10H2,1-2H3,(H2,26,27,31)/b17-8-. The maximum absolute atomic E-state index is 12.9. The van der Waals surface area contributed by atoms with Gasteiger partial charge in [-0.2, -0.15) is 5.01 Å². The van der Waals surface area contributed by atoms with Gasteiger partial charge < -0.3 is 19.5 Å². The number of halogens is 3. The Morgan fingerprint density at radius 1 is 1.19 bits per heavy atom. The van der Waals surface area contributed by atoms with E-state index >= 15 is 0 Å². The fourth-order valence-electron chi connectivity index (χ4n) is 2.81. The van der Waals surface area contributed by atoms with Crippen LogP contribution in [0.5, 0.6) is 11.5 Å². The van der Waals surface area contributed by atoms with Crippen LogP contribution in [0.1, 0.15) is 12.5 Å². The lowest BCUT2D eigenvalue weighted by atomic mass is 10.2. The number of amides is 3. The van der Waals surface area contributed by atoms with Crippen LogP contribution in [-0.2, 0) is 14.3 Å². The predicted octanol–water partition coefficient (Wildman–Crippen LogP) is 5.64. The third-order valence-corrected chi connectivity index (χ3v) is 7.01. The Hall–Kier alpha value is -2.51. The first-order chi connectivity index (χ1) is 17.1. The summed E-state index contributed by atoms with van der Waals surface area (Å²) >= 11 is 21.5. The molecule has 1 fully saturated rings. The summed E-state index contributed by atoms with van der Waals surface area (Å²) in [4.78, 5) is 37.1. The number of rotatable bonds is 8. The van der Waals surface area contributed by atoms with E-state index in [0.29, 0.717) is 38.9 Å². The second kappa shape index (κ2) is 12.6. The molecule has 3 rings (SSSR count). The van der Waals surface area contributed by atoms with Gasteiger partial charge in [0.15, 0.2) is 22.4 Å². The molecule has 0 aromatic heterocycles. The summed E-state index contributed by atoms with van der Waals surface area (Å²) in [6, 6.07) is 7.20. The van der Waals surface area contributed by atoms with Gasteiger partial charge >= 0.3 is 12.0 Å². The number of methoxy groups -OCH3 is 1. The van der Waals surface area contributed by atoms with E-state index < -0.39 is 17.9 Å². The van der Waals surface area contributed by atoms with Gasteiger partial charge in [0.1, 0.15) is 0 Å². The van der Waals surface area contributed by atoms with Crippen LogP contribution in [0.3, 0.4) is 0 Å². The number of hydrazine groups is 1. The van der Waals surface area contributed by atoms with Crippen LogP contribution in [-0.4, -0.2) is 47.6 Å². The maximum Gasteiger partial charge on any atom is 0.343 e. The molecule has 0 spiro atoms. The molecule has 1 aliphatic rings. The highest BCUT2D eigenvalue weighted by atomic mass is 79.9. The van der Waals surface area contributed by atoms with Gasteiger partial charge in [0.25, 0.3) is 5.91 Å². The largest absolute Gasteiger partial charge is 0.490 e. The average Bonchev–Trinajstić information content (AvgIpc) is 3.08. The molecule has 36 heavy (non-hydrogen) atoms. The van der Waals surface area contributed by atoms with Crippen molar-refractivity contribution in [1.29, 1.82) is 0 Å². The first-order valence-electron chi connectivity index (χ1n) is 10.1. The van der Waals surface area contributed by atoms with E-state index in [1.165, 1.54) is 19.2 Å². The highest BCUT2D eigenvalue weighted by Gasteiger charge is 2.34. The summed E-state index contributed by atoms with van der Waals surface area (Å²) in [5.74, 6) is -0.397. The van der Waals surface area contributed by atoms with Gasteiger partial charge in [-0.25, -0.2) is 15.0 Å². The van der Waals surface area contributed by atoms with E-state index in [1.807, 2.05) is 0 Å². The Labute approximate surface area is 234 Å². The molecule has 0 saturated carbocycles. The van der Waals surface area contributed by atoms with E-state index in [1.54, 1.807) is 31.2 Å². The molecular weight excluding hydrogens is 617 g/mol. The lowest BCUT2D eigenvalue weighted by Crippen LogP contribution is -2.46. The maximum atomic E-state index is 12.9. The Kier molecular flexibility index (Phi) is 9.85. The molecule has 0 aliphatic carbocycles. The van der Waals surface area contributed by atoms with Crippen LogP contribution in [0, 0.1) is 0 Å². The topological polar surface area (TPSA) is 106 Å². The number of hydrogen-bond donors (Lipinski definition) is 2. The zero-order valence-electron chi connectivity index (χ0n) is 18.7. The van der Waals surface area contributed by atoms with Crippen LogP contribution in [0.4, 0.5) is 10.5 Å². The zero-order valence-corrected chi connectivity index (χ0v) is 23.5. The number of thiocarbonyl (C=S) groups is 1. The lowest BCUT2D eigenvalue weighted by Gasteiger charge is -2.16. The molecule has 2 aromatic carbocycles. The number of anilines is 1. The number of nitrogens with zero attached hydrogens (tertiary/aromatic N) is 1. The van der Waals surface area contributed by atoms with Gasteiger partial charge in [0.2, 0.25) is 0 Å². The van der Waals surface area contributed by atoms with Gasteiger partial charge in [-0.1, -0.05) is 35.0 Å². The first-order valence-corrected chi connectivity index (χ1v) is 12.9. The summed E-state index contributed by atoms with van der Waals surface area (Å²) < 4.78 is 16.4. The molecule has 190 valence electrons. The van der Waals surface area contributed by atoms with Crippen molar-refractivity contribution in [3.63, 3.8) is 0 Å². The Morgan fingerprint density at radius 2 is 1.94 bits per heavy atom. The number of carbonyl (C=O) groups excluding carboxylic acids is 3. The van der Waals surface area contributed by atoms with E-state index in [-0.39, 0.29) is 20.9 Å². The molecule has 0 bridgehead atoms. The summed E-state index contributed by atoms with van der Waals surface area (Å²) in [5.41, 5.74) is 3.39. The molecule has 0 atom stereocenters. The summed E-state index contributed by atoms with van der Waals surface area (Å²) in [7, 11) is 1.26. The lowest BCUT2D eigenvalue weighted by molar-refractivity contribution is -0.143. The summed E-state index contributed by atoms with van der Waals surface area (Å²) in [5, 5.41) is 4.13. The molecule has 1 saturated heterocycles. The fraction of sp³-hybridized carbons (Fsp3) is 0.182. The summed E-state index contributed by atoms with van der Waals surface area (Å²) in [6.45, 7) is 1.83. The molecule has 2 N–H and O–H groups in total. The number of thioether (sulfide) groups is 1. The molecule has 0 unspecified atom stereocenters. The molecule has 9 nitrogen and oxygen atoms in total. The second-order valence-electron chi connectivity index (χ2n) is 6.84. The van der Waals surface area contributed by atoms with Crippen molar-refractivity contribution in [2.45, 2.75) is 6.92 Å². The highest BCUT2D eigenvalue weighted by molar-refractivity contribution is 9.10. The number of benzene rings is 2. The quantitative estimate of drug-likeness (QED) is 0.218. The number of hydrogen-bond acceptors (Lipinski definition) is 8. The number of ether oxygens (including phenoxy) is 3. The second-order valence-corrected chi connectivity index (χ2v) is 10.2. The average molecular weight is 635 g/mol. The van der Waals surface area contributed by atoms with Crippen molar-refractivity contribution in [1.82, 2.24) is 10.4 Å². The van der Waals surface area contributed by atoms with Gasteiger partial charge in [-0.05, 0) is 77.0 Å². The smallest absolute Gasteiger partial charge is 0.343 e. The van der Waals surface area contributed by atoms with Crippen LogP contribution >= 0.6 is 63.1 Å². The SMILES string of the molecule is CCOc1cc(/C=C2\SC(=S)N(NC(=O)Nc3ccc(Cl)c(Cl)c3)C2=O)cc(Br)c1OCC(=O)OC. The van der Waals surface area contributed by atoms with Crippen molar-refractivity contribution >= 4 is 97.1 Å². The Balaban J connectivity index is 1.76. The Morgan fingerprint density at radius 3 is 2.61 bits per heavy atom. The van der Waals surface area contributed by atoms with Gasteiger partial charge in [0.05, 0.1) is 33.1 Å². The molecule has 1 heterocycles. The normalized spacial score (nSPS) is 14.1. The van der Waals surface area contributed by atoms with Crippen LogP contribution in [0.2, 0.25) is 10.0 Å². The van der Waals surface area contributed by atoms with E-state index in [0.717, 1.165) is 16.8 Å². The molecular formula is C22H18BrCl2N3O6S2.